The van der Waals surface area contributed by atoms with E-state index in [-0.39, 0.29) is 22.6 Å². The van der Waals surface area contributed by atoms with Crippen LogP contribution in [0.2, 0.25) is 0 Å². The third kappa shape index (κ3) is 10.4. The SMILES string of the molecule is C#CCCCNC(=O)c1cccc(S(=O)(=O)n2cc(C(=O)N3CCN(CCOCCOc4cc5ncnc(Nc6cccc(C#C)c6)c5cc4OC)CC3)ccc2=O)c1. The van der Waals surface area contributed by atoms with Gasteiger partial charge >= 0.3 is 0 Å². The minimum absolute atomic E-state index is 0.0475. The summed E-state index contributed by atoms with van der Waals surface area (Å²) in [5.41, 5.74) is 1.51. The molecule has 2 amide bonds. The predicted molar refractivity (Wildman–Crippen MR) is 223 cm³/mol. The Balaban J connectivity index is 0.967. The summed E-state index contributed by atoms with van der Waals surface area (Å²) in [6, 6.07) is 18.8. The van der Waals surface area contributed by atoms with E-state index in [0.717, 1.165) is 28.9 Å². The molecule has 3 heterocycles. The third-order valence-electron chi connectivity index (χ3n) is 9.47. The fourth-order valence-electron chi connectivity index (χ4n) is 6.31. The number of piperazine rings is 1. The smallest absolute Gasteiger partial charge is 0.270 e. The van der Waals surface area contributed by atoms with Gasteiger partial charge in [0.1, 0.15) is 18.8 Å². The van der Waals surface area contributed by atoms with Crippen LogP contribution in [0, 0.1) is 24.7 Å². The van der Waals surface area contributed by atoms with Crippen LogP contribution in [-0.2, 0) is 14.8 Å². The van der Waals surface area contributed by atoms with Crippen molar-refractivity contribution in [1.29, 1.82) is 0 Å². The Hall–Kier alpha value is -6.72. The van der Waals surface area contributed by atoms with Crippen molar-refractivity contribution in [1.82, 2.24) is 29.1 Å². The summed E-state index contributed by atoms with van der Waals surface area (Å²) >= 11 is 0. The first kappa shape index (κ1) is 41.9. The summed E-state index contributed by atoms with van der Waals surface area (Å²) in [5, 5.41) is 6.73. The normalized spacial score (nSPS) is 13.0. The maximum atomic E-state index is 13.6. The van der Waals surface area contributed by atoms with Crippen molar-refractivity contribution in [3.05, 3.63) is 112 Å². The van der Waals surface area contributed by atoms with Gasteiger partial charge in [-0.2, -0.15) is 0 Å². The van der Waals surface area contributed by atoms with Crippen LogP contribution in [0.4, 0.5) is 11.5 Å². The predicted octanol–water partition coefficient (Wildman–Crippen LogP) is 3.76. The van der Waals surface area contributed by atoms with E-state index in [2.05, 4.69) is 37.3 Å². The molecule has 1 fully saturated rings. The molecule has 6 rings (SSSR count). The number of nitrogens with zero attached hydrogens (tertiary/aromatic N) is 5. The highest BCUT2D eigenvalue weighted by molar-refractivity contribution is 7.90. The molecule has 2 aromatic heterocycles. The number of amides is 2. The van der Waals surface area contributed by atoms with Crippen LogP contribution in [0.1, 0.15) is 39.1 Å². The molecular weight excluding hydrogens is 775 g/mol. The Bertz CT molecular complexity index is 2570. The Kier molecular flexibility index (Phi) is 13.9. The summed E-state index contributed by atoms with van der Waals surface area (Å²) in [7, 11) is -2.87. The van der Waals surface area contributed by atoms with Crippen LogP contribution in [0.5, 0.6) is 11.5 Å². The number of pyridine rings is 1. The number of aromatic nitrogens is 3. The van der Waals surface area contributed by atoms with Crippen molar-refractivity contribution >= 4 is 44.2 Å². The molecule has 304 valence electrons. The number of hydrogen-bond acceptors (Lipinski definition) is 12. The van der Waals surface area contributed by atoms with Gasteiger partial charge in [-0.15, -0.1) is 18.8 Å². The number of anilines is 2. The van der Waals surface area contributed by atoms with Gasteiger partial charge < -0.3 is 29.7 Å². The molecule has 59 heavy (non-hydrogen) atoms. The standard InChI is InChI=1S/C43H43N7O8S/c1-4-6-7-16-44-42(52)32-11-9-13-35(26-32)59(54,55)50-29-33(14-15-40(50)51)43(53)49-19-17-48(18-20-49)21-22-57-23-24-58-39-28-37-36(27-38(39)56-3)41(46-30-45-37)47-34-12-8-10-31(5-2)25-34/h1-2,8-15,25-30H,6-7,16-24H2,3H3,(H,44,52)(H,45,46,47). The van der Waals surface area contributed by atoms with Crippen LogP contribution in [-0.4, -0.2) is 110 Å². The Morgan fingerprint density at radius 1 is 0.898 bits per heavy atom. The van der Waals surface area contributed by atoms with E-state index in [0.29, 0.717) is 92.1 Å². The van der Waals surface area contributed by atoms with Gasteiger partial charge in [-0.1, -0.05) is 18.1 Å². The zero-order valence-electron chi connectivity index (χ0n) is 32.4. The summed E-state index contributed by atoms with van der Waals surface area (Å²) in [4.78, 5) is 51.2. The molecule has 3 aromatic carbocycles. The molecule has 2 N–H and O–H groups in total. The highest BCUT2D eigenvalue weighted by Gasteiger charge is 2.25. The number of fused-ring (bicyclic) bond motifs is 1. The first-order valence-electron chi connectivity index (χ1n) is 18.8. The van der Waals surface area contributed by atoms with Crippen LogP contribution >= 0.6 is 0 Å². The second-order valence-corrected chi connectivity index (χ2v) is 15.2. The molecule has 1 aliphatic rings. The molecule has 15 nitrogen and oxygen atoms in total. The van der Waals surface area contributed by atoms with Crippen LogP contribution in [0.3, 0.4) is 0 Å². The molecule has 1 saturated heterocycles. The number of ether oxygens (including phenoxy) is 3. The lowest BCUT2D eigenvalue weighted by molar-refractivity contribution is 0.0503. The van der Waals surface area contributed by atoms with Gasteiger partial charge in [0.2, 0.25) is 0 Å². The van der Waals surface area contributed by atoms with Crippen LogP contribution in [0.25, 0.3) is 10.9 Å². The Morgan fingerprint density at radius 2 is 1.71 bits per heavy atom. The van der Waals surface area contributed by atoms with Gasteiger partial charge in [0.05, 0.1) is 36.3 Å². The molecule has 0 spiro atoms. The molecule has 1 aliphatic heterocycles. The third-order valence-corrected chi connectivity index (χ3v) is 11.1. The maximum absolute atomic E-state index is 13.6. The van der Waals surface area contributed by atoms with Crippen molar-refractivity contribution in [2.24, 2.45) is 0 Å². The number of carbonyl (C=O) groups excluding carboxylic acids is 2. The Morgan fingerprint density at radius 3 is 2.49 bits per heavy atom. The number of carbonyl (C=O) groups is 2. The van der Waals surface area contributed by atoms with Gasteiger partial charge in [0, 0.05) is 86.2 Å². The first-order valence-corrected chi connectivity index (χ1v) is 20.2. The zero-order valence-corrected chi connectivity index (χ0v) is 33.2. The van der Waals surface area contributed by atoms with Crippen molar-refractivity contribution < 1.29 is 32.2 Å². The van der Waals surface area contributed by atoms with E-state index in [1.54, 1.807) is 18.1 Å². The molecule has 0 bridgehead atoms. The number of benzene rings is 3. The van der Waals surface area contributed by atoms with Gasteiger partial charge in [0.25, 0.3) is 27.4 Å². The first-order chi connectivity index (χ1) is 28.6. The average molecular weight is 818 g/mol. The molecule has 0 aliphatic carbocycles. The Labute approximate surface area is 342 Å². The molecule has 0 radical (unpaired) electrons. The number of rotatable bonds is 17. The largest absolute Gasteiger partial charge is 0.493 e. The van der Waals surface area contributed by atoms with Gasteiger partial charge in [-0.25, -0.2) is 22.4 Å². The molecule has 0 unspecified atom stereocenters. The molecule has 16 heteroatoms. The number of unbranched alkanes of at least 4 members (excludes halogenated alkanes) is 1. The summed E-state index contributed by atoms with van der Waals surface area (Å²) in [6.07, 6.45) is 14.4. The number of nitrogens with one attached hydrogen (secondary N) is 2. The summed E-state index contributed by atoms with van der Waals surface area (Å²) in [6.45, 7) is 3.92. The quantitative estimate of drug-likeness (QED) is 0.103. The van der Waals surface area contributed by atoms with E-state index in [9.17, 15) is 22.8 Å². The van der Waals surface area contributed by atoms with Crippen LogP contribution < -0.4 is 25.7 Å². The van der Waals surface area contributed by atoms with Crippen molar-refractivity contribution in [2.75, 3.05) is 71.5 Å². The fourth-order valence-corrected chi connectivity index (χ4v) is 7.61. The van der Waals surface area contributed by atoms with E-state index in [1.807, 2.05) is 30.3 Å². The summed E-state index contributed by atoms with van der Waals surface area (Å²) in [5.74, 6) is 5.86. The zero-order chi connectivity index (χ0) is 41.8. The van der Waals surface area contributed by atoms with Gasteiger partial charge in [0.15, 0.2) is 11.5 Å². The van der Waals surface area contributed by atoms with Crippen molar-refractivity contribution in [3.8, 4) is 36.2 Å². The molecule has 0 saturated carbocycles. The lowest BCUT2D eigenvalue weighted by Gasteiger charge is -2.34. The number of terminal acetylenes is 2. The van der Waals surface area contributed by atoms with Gasteiger partial charge in [-0.05, 0) is 55.0 Å². The second-order valence-electron chi connectivity index (χ2n) is 13.3. The highest BCUT2D eigenvalue weighted by atomic mass is 32.2. The monoisotopic (exact) mass is 817 g/mol. The molecular formula is C43H43N7O8S. The minimum atomic E-state index is -4.43. The number of methoxy groups -OCH3 is 1. The fraction of sp³-hybridized carbons (Fsp3) is 0.279. The minimum Gasteiger partial charge on any atom is -0.493 e. The van der Waals surface area contributed by atoms with Gasteiger partial charge in [-0.3, -0.25) is 19.3 Å². The average Bonchev–Trinajstić information content (AvgIpc) is 3.26. The number of hydrogen-bond donors (Lipinski definition) is 2. The van der Waals surface area contributed by atoms with Crippen LogP contribution in [0.15, 0.2) is 95.0 Å². The molecule has 5 aromatic rings. The highest BCUT2D eigenvalue weighted by Crippen LogP contribution is 2.35. The van der Waals surface area contributed by atoms with E-state index in [1.165, 1.54) is 36.7 Å². The van der Waals surface area contributed by atoms with Crippen molar-refractivity contribution in [3.63, 3.8) is 0 Å². The van der Waals surface area contributed by atoms with Crippen molar-refractivity contribution in [2.45, 2.75) is 17.7 Å². The lowest BCUT2D eigenvalue weighted by Crippen LogP contribution is -2.49. The topological polar surface area (TPSA) is 174 Å². The maximum Gasteiger partial charge on any atom is 0.270 e. The summed E-state index contributed by atoms with van der Waals surface area (Å²) < 4.78 is 45.1. The van der Waals surface area contributed by atoms with E-state index >= 15 is 0 Å². The molecule has 0 atom stereocenters. The van der Waals surface area contributed by atoms with E-state index < -0.39 is 27.4 Å². The van der Waals surface area contributed by atoms with E-state index in [4.69, 9.17) is 27.1 Å². The second kappa shape index (κ2) is 19.6. The lowest BCUT2D eigenvalue weighted by atomic mass is 10.2.